The molecule has 0 aromatic rings. The maximum Gasteiger partial charge on any atom is 0.401 e. The van der Waals surface area contributed by atoms with Gasteiger partial charge in [0.15, 0.2) is 0 Å². The average molecular weight is 290 g/mol. The van der Waals surface area contributed by atoms with Crippen molar-refractivity contribution in [1.29, 1.82) is 0 Å². The van der Waals surface area contributed by atoms with E-state index in [-0.39, 0.29) is 12.4 Å². The van der Waals surface area contributed by atoms with Gasteiger partial charge in [-0.3, -0.25) is 4.90 Å². The minimum absolute atomic E-state index is 0. The first-order valence-electron chi connectivity index (χ1n) is 6.16. The van der Waals surface area contributed by atoms with Gasteiger partial charge in [-0.15, -0.1) is 12.4 Å². The molecule has 1 fully saturated rings. The van der Waals surface area contributed by atoms with E-state index in [0.717, 1.165) is 26.1 Å². The summed E-state index contributed by atoms with van der Waals surface area (Å²) < 4.78 is 36.9. The summed E-state index contributed by atoms with van der Waals surface area (Å²) in [5, 5.41) is 0. The van der Waals surface area contributed by atoms with Crippen LogP contribution in [0.5, 0.6) is 0 Å². The molecule has 3 nitrogen and oxygen atoms in total. The molecule has 0 aliphatic carbocycles. The van der Waals surface area contributed by atoms with Crippen LogP contribution in [0.1, 0.15) is 13.3 Å². The second-order valence-corrected chi connectivity index (χ2v) is 4.69. The van der Waals surface area contributed by atoms with Gasteiger partial charge in [0.25, 0.3) is 0 Å². The second kappa shape index (κ2) is 8.19. The minimum atomic E-state index is -4.09. The molecule has 0 bridgehead atoms. The molecule has 2 N–H and O–H groups in total. The van der Waals surface area contributed by atoms with Crippen LogP contribution in [0.25, 0.3) is 0 Å². The minimum Gasteiger partial charge on any atom is -0.329 e. The smallest absolute Gasteiger partial charge is 0.329 e. The van der Waals surface area contributed by atoms with Crippen LogP contribution in [0.4, 0.5) is 13.2 Å². The number of alkyl halides is 3. The van der Waals surface area contributed by atoms with Crippen molar-refractivity contribution in [3.63, 3.8) is 0 Å². The Morgan fingerprint density at radius 2 is 2.06 bits per heavy atom. The van der Waals surface area contributed by atoms with E-state index in [4.69, 9.17) is 5.73 Å². The number of halogens is 4. The van der Waals surface area contributed by atoms with Crippen LogP contribution >= 0.6 is 12.4 Å². The lowest BCUT2D eigenvalue weighted by atomic mass is 10.1. The third-order valence-corrected chi connectivity index (χ3v) is 3.18. The molecule has 0 amide bonds. The van der Waals surface area contributed by atoms with Gasteiger partial charge in [-0.2, -0.15) is 13.2 Å². The molecule has 0 spiro atoms. The van der Waals surface area contributed by atoms with E-state index in [1.807, 2.05) is 0 Å². The van der Waals surface area contributed by atoms with Crippen LogP contribution in [0.15, 0.2) is 0 Å². The van der Waals surface area contributed by atoms with Gasteiger partial charge in [0.1, 0.15) is 0 Å². The van der Waals surface area contributed by atoms with Crippen LogP contribution in [0.2, 0.25) is 0 Å². The third kappa shape index (κ3) is 6.78. The van der Waals surface area contributed by atoms with Crippen LogP contribution < -0.4 is 5.73 Å². The molecule has 110 valence electrons. The molecule has 1 unspecified atom stereocenters. The molecule has 0 aromatic heterocycles. The summed E-state index contributed by atoms with van der Waals surface area (Å²) in [5.41, 5.74) is 5.46. The van der Waals surface area contributed by atoms with Gasteiger partial charge >= 0.3 is 6.18 Å². The summed E-state index contributed by atoms with van der Waals surface area (Å²) in [5.74, 6) is 0.351. The van der Waals surface area contributed by atoms with E-state index >= 15 is 0 Å². The van der Waals surface area contributed by atoms with E-state index in [1.54, 1.807) is 6.92 Å². The Balaban J connectivity index is 0.00000289. The van der Waals surface area contributed by atoms with Crippen LogP contribution in [0.3, 0.4) is 0 Å². The van der Waals surface area contributed by atoms with Crippen molar-refractivity contribution in [3.05, 3.63) is 0 Å². The van der Waals surface area contributed by atoms with Crippen LogP contribution in [0, 0.1) is 5.92 Å². The molecule has 1 heterocycles. The normalized spacial score (nSPS) is 21.3. The molecule has 7 heteroatoms. The largest absolute Gasteiger partial charge is 0.401 e. The highest BCUT2D eigenvalue weighted by Gasteiger charge is 2.32. The summed E-state index contributed by atoms with van der Waals surface area (Å²) in [7, 11) is 0. The fourth-order valence-electron chi connectivity index (χ4n) is 2.37. The summed E-state index contributed by atoms with van der Waals surface area (Å²) in [6.45, 7) is 5.28. The number of likely N-dealkylation sites (tertiary alicyclic amines) is 1. The Bertz CT molecular complexity index is 226. The molecule has 0 radical (unpaired) electrons. The van der Waals surface area contributed by atoms with Gasteiger partial charge in [-0.25, -0.2) is 0 Å². The number of hydrogen-bond donors (Lipinski definition) is 1. The predicted molar refractivity (Wildman–Crippen MR) is 69.0 cm³/mol. The fourth-order valence-corrected chi connectivity index (χ4v) is 2.37. The Kier molecular flexibility index (Phi) is 8.18. The quantitative estimate of drug-likeness (QED) is 0.806. The van der Waals surface area contributed by atoms with Crippen molar-refractivity contribution < 1.29 is 13.2 Å². The first-order valence-corrected chi connectivity index (χ1v) is 6.16. The number of nitrogens with two attached hydrogens (primary N) is 1. The van der Waals surface area contributed by atoms with Gasteiger partial charge in [-0.05, 0) is 25.4 Å². The highest BCUT2D eigenvalue weighted by Crippen LogP contribution is 2.20. The average Bonchev–Trinajstić information content (AvgIpc) is 2.63. The third-order valence-electron chi connectivity index (χ3n) is 3.18. The van der Waals surface area contributed by atoms with Crippen LogP contribution in [-0.2, 0) is 0 Å². The van der Waals surface area contributed by atoms with Gasteiger partial charge in [0, 0.05) is 26.2 Å². The van der Waals surface area contributed by atoms with Crippen molar-refractivity contribution in [2.75, 3.05) is 45.8 Å². The molecule has 1 rings (SSSR count). The molecule has 1 saturated heterocycles. The molecular formula is C11H23ClF3N3. The number of rotatable bonds is 6. The van der Waals surface area contributed by atoms with Gasteiger partial charge in [0.2, 0.25) is 0 Å². The Hall–Kier alpha value is -0.0400. The number of nitrogens with zero attached hydrogens (tertiary/aromatic N) is 2. The molecule has 0 saturated carbocycles. The maximum absolute atomic E-state index is 12.3. The van der Waals surface area contributed by atoms with Crippen molar-refractivity contribution in [2.45, 2.75) is 19.5 Å². The topological polar surface area (TPSA) is 32.5 Å². The van der Waals surface area contributed by atoms with E-state index in [0.29, 0.717) is 25.6 Å². The summed E-state index contributed by atoms with van der Waals surface area (Å²) in [6.07, 6.45) is -3.11. The van der Waals surface area contributed by atoms with E-state index < -0.39 is 12.7 Å². The molecule has 1 aliphatic heterocycles. The Morgan fingerprint density at radius 3 is 2.56 bits per heavy atom. The van der Waals surface area contributed by atoms with E-state index in [9.17, 15) is 13.2 Å². The molecular weight excluding hydrogens is 267 g/mol. The number of hydrogen-bond acceptors (Lipinski definition) is 3. The zero-order valence-corrected chi connectivity index (χ0v) is 11.6. The molecule has 0 aromatic carbocycles. The Morgan fingerprint density at radius 1 is 1.39 bits per heavy atom. The predicted octanol–water partition coefficient (Wildman–Crippen LogP) is 1.57. The zero-order valence-electron chi connectivity index (χ0n) is 10.7. The lowest BCUT2D eigenvalue weighted by molar-refractivity contribution is -0.146. The lowest BCUT2D eigenvalue weighted by Crippen LogP contribution is -2.38. The van der Waals surface area contributed by atoms with Crippen molar-refractivity contribution in [1.82, 2.24) is 9.80 Å². The molecule has 1 atom stereocenters. The van der Waals surface area contributed by atoms with Gasteiger partial charge in [-0.1, -0.05) is 6.92 Å². The highest BCUT2D eigenvalue weighted by molar-refractivity contribution is 5.85. The van der Waals surface area contributed by atoms with Crippen molar-refractivity contribution >= 4 is 12.4 Å². The summed E-state index contributed by atoms with van der Waals surface area (Å²) in [4.78, 5) is 3.71. The maximum atomic E-state index is 12.3. The standard InChI is InChI=1S/C11H22F3N3.ClH/c1-2-16(9-11(12,13)14)7-10-3-5-17(8-10)6-4-15;/h10H,2-9,15H2,1H3;1H. The van der Waals surface area contributed by atoms with Crippen molar-refractivity contribution in [3.8, 4) is 0 Å². The highest BCUT2D eigenvalue weighted by atomic mass is 35.5. The summed E-state index contributed by atoms with van der Waals surface area (Å²) >= 11 is 0. The Labute approximate surface area is 113 Å². The van der Waals surface area contributed by atoms with Gasteiger partial charge in [0.05, 0.1) is 6.54 Å². The van der Waals surface area contributed by atoms with Crippen LogP contribution in [-0.4, -0.2) is 61.8 Å². The zero-order chi connectivity index (χ0) is 12.9. The van der Waals surface area contributed by atoms with Crippen molar-refractivity contribution in [2.24, 2.45) is 11.7 Å². The van der Waals surface area contributed by atoms with Gasteiger partial charge < -0.3 is 10.6 Å². The second-order valence-electron chi connectivity index (χ2n) is 4.69. The summed E-state index contributed by atoms with van der Waals surface area (Å²) in [6, 6.07) is 0. The first kappa shape index (κ1) is 18.0. The first-order chi connectivity index (χ1) is 7.94. The van der Waals surface area contributed by atoms with E-state index in [1.165, 1.54) is 4.90 Å². The molecule has 1 aliphatic rings. The fraction of sp³-hybridized carbons (Fsp3) is 1.00. The molecule has 18 heavy (non-hydrogen) atoms. The van der Waals surface area contributed by atoms with E-state index in [2.05, 4.69) is 4.90 Å². The lowest BCUT2D eigenvalue weighted by Gasteiger charge is -2.25. The SMILES string of the molecule is CCN(CC1CCN(CCN)C1)CC(F)(F)F.Cl. The monoisotopic (exact) mass is 289 g/mol.